The highest BCUT2D eigenvalue weighted by atomic mass is 16.3. The highest BCUT2D eigenvalue weighted by Gasteiger charge is 2.19. The van der Waals surface area contributed by atoms with Crippen LogP contribution in [0.2, 0.25) is 0 Å². The highest BCUT2D eigenvalue weighted by molar-refractivity contribution is 5.09. The van der Waals surface area contributed by atoms with Gasteiger partial charge in [0, 0.05) is 43.8 Å². The Morgan fingerprint density at radius 2 is 2.24 bits per heavy atom. The van der Waals surface area contributed by atoms with Gasteiger partial charge in [-0.15, -0.1) is 0 Å². The maximum Gasteiger partial charge on any atom is 0.123 e. The summed E-state index contributed by atoms with van der Waals surface area (Å²) in [5, 5.41) is 4.23. The lowest BCUT2D eigenvalue weighted by Gasteiger charge is -2.26. The molecule has 0 aromatic carbocycles. The number of fused-ring (bicyclic) bond motifs is 1. The second-order valence-corrected chi connectivity index (χ2v) is 5.39. The van der Waals surface area contributed by atoms with Gasteiger partial charge in [-0.05, 0) is 12.1 Å². The van der Waals surface area contributed by atoms with Crippen LogP contribution in [0.5, 0.6) is 0 Å². The lowest BCUT2D eigenvalue weighted by atomic mass is 10.3. The normalized spacial score (nSPS) is 15.2. The SMILES string of the molecule is c1cnn(Cc2cn3c(n2)CN(Cc2ccoc2)CC3)c1. The number of aromatic nitrogens is 4. The number of rotatable bonds is 4. The van der Waals surface area contributed by atoms with Crippen LogP contribution in [0.4, 0.5) is 0 Å². The minimum absolute atomic E-state index is 0.731. The van der Waals surface area contributed by atoms with Crippen molar-refractivity contribution >= 4 is 0 Å². The first kappa shape index (κ1) is 12.4. The molecule has 0 saturated heterocycles. The van der Waals surface area contributed by atoms with Gasteiger partial charge in [-0.3, -0.25) is 9.58 Å². The standard InChI is InChI=1S/C15H17N5O/c1-3-16-20(4-1)10-14-9-19-6-5-18(11-15(19)17-14)8-13-2-7-21-12-13/h1-4,7,9,12H,5-6,8,10-11H2. The van der Waals surface area contributed by atoms with E-state index in [-0.39, 0.29) is 0 Å². The van der Waals surface area contributed by atoms with E-state index in [1.165, 1.54) is 5.56 Å². The van der Waals surface area contributed by atoms with Crippen molar-refractivity contribution < 1.29 is 4.42 Å². The minimum atomic E-state index is 0.731. The van der Waals surface area contributed by atoms with Crippen LogP contribution in [0, 0.1) is 0 Å². The molecule has 6 heteroatoms. The third-order valence-electron chi connectivity index (χ3n) is 3.80. The van der Waals surface area contributed by atoms with Gasteiger partial charge in [0.05, 0.1) is 31.3 Å². The molecule has 4 rings (SSSR count). The van der Waals surface area contributed by atoms with Crippen molar-refractivity contribution in [3.8, 4) is 0 Å². The van der Waals surface area contributed by atoms with E-state index in [1.54, 1.807) is 12.5 Å². The van der Waals surface area contributed by atoms with Crippen molar-refractivity contribution in [3.63, 3.8) is 0 Å². The molecule has 21 heavy (non-hydrogen) atoms. The van der Waals surface area contributed by atoms with E-state index in [0.717, 1.165) is 44.2 Å². The minimum Gasteiger partial charge on any atom is -0.472 e. The average molecular weight is 283 g/mol. The number of hydrogen-bond acceptors (Lipinski definition) is 4. The predicted molar refractivity (Wildman–Crippen MR) is 76.4 cm³/mol. The molecule has 0 unspecified atom stereocenters. The second kappa shape index (κ2) is 5.21. The van der Waals surface area contributed by atoms with Crippen molar-refractivity contribution in [2.45, 2.75) is 26.2 Å². The summed E-state index contributed by atoms with van der Waals surface area (Å²) in [6, 6.07) is 3.95. The van der Waals surface area contributed by atoms with Crippen LogP contribution in [0.15, 0.2) is 47.7 Å². The van der Waals surface area contributed by atoms with Gasteiger partial charge < -0.3 is 8.98 Å². The van der Waals surface area contributed by atoms with E-state index in [4.69, 9.17) is 9.40 Å². The molecule has 3 aromatic rings. The van der Waals surface area contributed by atoms with Crippen LogP contribution in [0.1, 0.15) is 17.1 Å². The van der Waals surface area contributed by atoms with Gasteiger partial charge in [-0.25, -0.2) is 4.98 Å². The maximum absolute atomic E-state index is 5.13. The fraction of sp³-hybridized carbons (Fsp3) is 0.333. The van der Waals surface area contributed by atoms with Crippen LogP contribution >= 0.6 is 0 Å². The van der Waals surface area contributed by atoms with Crippen LogP contribution < -0.4 is 0 Å². The molecule has 0 aliphatic carbocycles. The number of hydrogen-bond donors (Lipinski definition) is 0. The summed E-state index contributed by atoms with van der Waals surface area (Å²) >= 11 is 0. The van der Waals surface area contributed by atoms with E-state index < -0.39 is 0 Å². The van der Waals surface area contributed by atoms with Crippen molar-refractivity contribution in [3.05, 3.63) is 60.3 Å². The summed E-state index contributed by atoms with van der Waals surface area (Å²) in [6.07, 6.45) is 9.44. The molecule has 4 heterocycles. The van der Waals surface area contributed by atoms with E-state index >= 15 is 0 Å². The molecule has 1 aliphatic rings. The monoisotopic (exact) mass is 283 g/mol. The maximum atomic E-state index is 5.13. The summed E-state index contributed by atoms with van der Waals surface area (Å²) in [5.74, 6) is 1.13. The molecule has 0 amide bonds. The summed E-state index contributed by atoms with van der Waals surface area (Å²) in [6.45, 7) is 4.55. The van der Waals surface area contributed by atoms with Crippen molar-refractivity contribution in [2.75, 3.05) is 6.54 Å². The lowest BCUT2D eigenvalue weighted by Crippen LogP contribution is -2.33. The smallest absolute Gasteiger partial charge is 0.123 e. The summed E-state index contributed by atoms with van der Waals surface area (Å²) < 4.78 is 9.29. The molecule has 0 saturated carbocycles. The first-order valence-corrected chi connectivity index (χ1v) is 7.12. The quantitative estimate of drug-likeness (QED) is 0.732. The lowest BCUT2D eigenvalue weighted by molar-refractivity contribution is 0.208. The molecule has 0 radical (unpaired) electrons. The van der Waals surface area contributed by atoms with Gasteiger partial charge in [0.15, 0.2) is 0 Å². The van der Waals surface area contributed by atoms with Crippen LogP contribution in [0.25, 0.3) is 0 Å². The Hall–Kier alpha value is -2.34. The molecule has 6 nitrogen and oxygen atoms in total. The Morgan fingerprint density at radius 1 is 1.24 bits per heavy atom. The molecule has 0 bridgehead atoms. The average Bonchev–Trinajstić information content (AvgIpc) is 3.19. The molecule has 0 N–H and O–H groups in total. The molecule has 0 fully saturated rings. The predicted octanol–water partition coefficient (Wildman–Crippen LogP) is 1.74. The molecule has 0 atom stereocenters. The first-order valence-electron chi connectivity index (χ1n) is 7.12. The first-order chi connectivity index (χ1) is 10.4. The molecule has 0 spiro atoms. The van der Waals surface area contributed by atoms with Crippen LogP contribution in [-0.4, -0.2) is 30.8 Å². The Morgan fingerprint density at radius 3 is 3.05 bits per heavy atom. The topological polar surface area (TPSA) is 52.0 Å². The second-order valence-electron chi connectivity index (χ2n) is 5.39. The van der Waals surface area contributed by atoms with E-state index in [9.17, 15) is 0 Å². The zero-order chi connectivity index (χ0) is 14.1. The van der Waals surface area contributed by atoms with E-state index in [2.05, 4.69) is 20.8 Å². The van der Waals surface area contributed by atoms with Crippen LogP contribution in [-0.2, 0) is 26.2 Å². The van der Waals surface area contributed by atoms with Crippen LogP contribution in [0.3, 0.4) is 0 Å². The number of imidazole rings is 1. The van der Waals surface area contributed by atoms with E-state index in [1.807, 2.05) is 29.3 Å². The van der Waals surface area contributed by atoms with Gasteiger partial charge in [0.25, 0.3) is 0 Å². The Labute approximate surface area is 122 Å². The van der Waals surface area contributed by atoms with Gasteiger partial charge in [-0.2, -0.15) is 5.10 Å². The third-order valence-corrected chi connectivity index (χ3v) is 3.80. The zero-order valence-corrected chi connectivity index (χ0v) is 11.7. The fourth-order valence-corrected chi connectivity index (χ4v) is 2.77. The summed E-state index contributed by atoms with van der Waals surface area (Å²) in [7, 11) is 0. The molecule has 1 aliphatic heterocycles. The molecular weight excluding hydrogens is 266 g/mol. The fourth-order valence-electron chi connectivity index (χ4n) is 2.77. The molecule has 3 aromatic heterocycles. The zero-order valence-electron chi connectivity index (χ0n) is 11.7. The highest BCUT2D eigenvalue weighted by Crippen LogP contribution is 2.16. The third kappa shape index (κ3) is 2.62. The molecule has 108 valence electrons. The largest absolute Gasteiger partial charge is 0.472 e. The summed E-state index contributed by atoms with van der Waals surface area (Å²) in [4.78, 5) is 7.14. The summed E-state index contributed by atoms with van der Waals surface area (Å²) in [5.41, 5.74) is 2.28. The van der Waals surface area contributed by atoms with Gasteiger partial charge in [0.1, 0.15) is 5.82 Å². The van der Waals surface area contributed by atoms with Crippen molar-refractivity contribution in [1.82, 2.24) is 24.2 Å². The van der Waals surface area contributed by atoms with Crippen molar-refractivity contribution in [2.24, 2.45) is 0 Å². The van der Waals surface area contributed by atoms with Crippen molar-refractivity contribution in [1.29, 1.82) is 0 Å². The number of furan rings is 1. The Kier molecular flexibility index (Phi) is 3.08. The number of nitrogens with zero attached hydrogens (tertiary/aromatic N) is 5. The van der Waals surface area contributed by atoms with E-state index in [0.29, 0.717) is 0 Å². The Balaban J connectivity index is 1.46. The van der Waals surface area contributed by atoms with Gasteiger partial charge >= 0.3 is 0 Å². The molecular formula is C15H17N5O. The van der Waals surface area contributed by atoms with Gasteiger partial charge in [0.2, 0.25) is 0 Å². The van der Waals surface area contributed by atoms with Gasteiger partial charge in [-0.1, -0.05) is 0 Å². The Bertz CT molecular complexity index is 699.